The van der Waals surface area contributed by atoms with Gasteiger partial charge in [0, 0.05) is 26.1 Å². The van der Waals surface area contributed by atoms with E-state index in [4.69, 9.17) is 5.11 Å². The van der Waals surface area contributed by atoms with E-state index in [1.54, 1.807) is 11.8 Å². The molecule has 3 amide bonds. The summed E-state index contributed by atoms with van der Waals surface area (Å²) < 4.78 is 0. The predicted molar refractivity (Wildman–Crippen MR) is 74.7 cm³/mol. The van der Waals surface area contributed by atoms with Crippen LogP contribution in [0.3, 0.4) is 0 Å². The van der Waals surface area contributed by atoms with E-state index in [9.17, 15) is 19.5 Å². The fourth-order valence-electron chi connectivity index (χ4n) is 2.41. The van der Waals surface area contributed by atoms with Crippen molar-refractivity contribution in [3.8, 4) is 0 Å². The SMILES string of the molecule is CCN(CC)C(=O)C(C)NC(=O)N1C[C@H](O)C[C@H]1C(=O)O. The molecule has 3 N–H and O–H groups in total. The Hall–Kier alpha value is -1.83. The molecule has 0 radical (unpaired) electrons. The number of likely N-dealkylation sites (tertiary alicyclic amines) is 1. The number of aliphatic hydroxyl groups excluding tert-OH is 1. The molecule has 120 valence electrons. The molecule has 1 heterocycles. The minimum atomic E-state index is -1.16. The van der Waals surface area contributed by atoms with Crippen LogP contribution in [-0.4, -0.2) is 75.7 Å². The van der Waals surface area contributed by atoms with E-state index >= 15 is 0 Å². The third-order valence-corrected chi connectivity index (χ3v) is 3.61. The van der Waals surface area contributed by atoms with Crippen LogP contribution in [0.2, 0.25) is 0 Å². The first-order valence-corrected chi connectivity index (χ1v) is 7.08. The maximum Gasteiger partial charge on any atom is 0.326 e. The van der Waals surface area contributed by atoms with E-state index in [2.05, 4.69) is 5.32 Å². The number of carboxylic acid groups (broad SMARTS) is 1. The van der Waals surface area contributed by atoms with Crippen LogP contribution in [0.4, 0.5) is 4.79 Å². The number of aliphatic hydroxyl groups is 1. The fraction of sp³-hybridized carbons (Fsp3) is 0.769. The number of hydrogen-bond donors (Lipinski definition) is 3. The molecule has 0 aliphatic carbocycles. The molecular formula is C13H23N3O5. The Labute approximate surface area is 123 Å². The lowest BCUT2D eigenvalue weighted by molar-refractivity contribution is -0.141. The van der Waals surface area contributed by atoms with Gasteiger partial charge in [-0.2, -0.15) is 0 Å². The summed E-state index contributed by atoms with van der Waals surface area (Å²) in [5.74, 6) is -1.38. The standard InChI is InChI=1S/C13H23N3O5/c1-4-15(5-2)11(18)8(3)14-13(21)16-7-9(17)6-10(16)12(19)20/h8-10,17H,4-7H2,1-3H3,(H,14,21)(H,19,20)/t8?,9-,10+/m1/s1. The highest BCUT2D eigenvalue weighted by Gasteiger charge is 2.39. The van der Waals surface area contributed by atoms with Crippen LogP contribution < -0.4 is 5.32 Å². The molecule has 1 rings (SSSR count). The number of carbonyl (C=O) groups is 3. The van der Waals surface area contributed by atoms with Gasteiger partial charge in [-0.05, 0) is 20.8 Å². The normalized spacial score (nSPS) is 22.8. The van der Waals surface area contributed by atoms with E-state index < -0.39 is 30.2 Å². The summed E-state index contributed by atoms with van der Waals surface area (Å²) >= 11 is 0. The summed E-state index contributed by atoms with van der Waals surface area (Å²) in [5, 5.41) is 21.1. The maximum atomic E-state index is 12.1. The second-order valence-corrected chi connectivity index (χ2v) is 5.08. The van der Waals surface area contributed by atoms with Gasteiger partial charge in [-0.3, -0.25) is 4.79 Å². The zero-order valence-electron chi connectivity index (χ0n) is 12.6. The first-order valence-electron chi connectivity index (χ1n) is 7.08. The maximum absolute atomic E-state index is 12.1. The van der Waals surface area contributed by atoms with Crippen molar-refractivity contribution in [3.63, 3.8) is 0 Å². The highest BCUT2D eigenvalue weighted by atomic mass is 16.4. The number of hydrogen-bond acceptors (Lipinski definition) is 4. The molecule has 1 saturated heterocycles. The Balaban J connectivity index is 2.67. The molecule has 0 spiro atoms. The van der Waals surface area contributed by atoms with Gasteiger partial charge in [0.15, 0.2) is 0 Å². The van der Waals surface area contributed by atoms with Crippen molar-refractivity contribution < 1.29 is 24.6 Å². The number of amides is 3. The molecule has 0 saturated carbocycles. The zero-order valence-corrected chi connectivity index (χ0v) is 12.6. The Bertz CT molecular complexity index is 411. The number of nitrogens with zero attached hydrogens (tertiary/aromatic N) is 2. The number of carbonyl (C=O) groups excluding carboxylic acids is 2. The average Bonchev–Trinajstić information content (AvgIpc) is 2.82. The van der Waals surface area contributed by atoms with Crippen LogP contribution in [0.15, 0.2) is 0 Å². The minimum absolute atomic E-state index is 0.00112. The largest absolute Gasteiger partial charge is 0.480 e. The summed E-state index contributed by atoms with van der Waals surface area (Å²) in [6.45, 7) is 6.27. The second kappa shape index (κ2) is 7.26. The molecule has 8 nitrogen and oxygen atoms in total. The highest BCUT2D eigenvalue weighted by Crippen LogP contribution is 2.18. The number of β-amino-alcohol motifs (C(OH)–C–C–N with tert-alkyl or cyclic N) is 1. The Morgan fingerprint density at radius 3 is 2.38 bits per heavy atom. The van der Waals surface area contributed by atoms with Crippen LogP contribution in [0.5, 0.6) is 0 Å². The minimum Gasteiger partial charge on any atom is -0.480 e. The fourth-order valence-corrected chi connectivity index (χ4v) is 2.41. The van der Waals surface area contributed by atoms with E-state index in [0.717, 1.165) is 4.90 Å². The first-order chi connectivity index (χ1) is 9.81. The number of rotatable bonds is 5. The van der Waals surface area contributed by atoms with Gasteiger partial charge in [0.2, 0.25) is 5.91 Å². The van der Waals surface area contributed by atoms with Gasteiger partial charge in [-0.25, -0.2) is 9.59 Å². The van der Waals surface area contributed by atoms with E-state index in [1.807, 2.05) is 13.8 Å². The van der Waals surface area contributed by atoms with Crippen molar-refractivity contribution in [1.29, 1.82) is 0 Å². The molecule has 8 heteroatoms. The summed E-state index contributed by atoms with van der Waals surface area (Å²) in [4.78, 5) is 37.9. The Morgan fingerprint density at radius 2 is 1.90 bits per heavy atom. The third-order valence-electron chi connectivity index (χ3n) is 3.61. The Kier molecular flexibility index (Phi) is 5.95. The van der Waals surface area contributed by atoms with Gasteiger partial charge in [0.1, 0.15) is 12.1 Å². The van der Waals surface area contributed by atoms with Gasteiger partial charge in [-0.1, -0.05) is 0 Å². The summed E-state index contributed by atoms with van der Waals surface area (Å²) in [6.07, 6.45) is -0.855. The van der Waals surface area contributed by atoms with Crippen molar-refractivity contribution in [2.24, 2.45) is 0 Å². The molecule has 1 fully saturated rings. The molecule has 0 aromatic rings. The second-order valence-electron chi connectivity index (χ2n) is 5.08. The topological polar surface area (TPSA) is 110 Å². The molecule has 1 aliphatic rings. The van der Waals surface area contributed by atoms with E-state index in [-0.39, 0.29) is 18.9 Å². The molecule has 1 unspecified atom stereocenters. The van der Waals surface area contributed by atoms with Crippen LogP contribution in [0.25, 0.3) is 0 Å². The molecule has 3 atom stereocenters. The highest BCUT2D eigenvalue weighted by molar-refractivity contribution is 5.89. The van der Waals surface area contributed by atoms with Crippen molar-refractivity contribution in [1.82, 2.24) is 15.1 Å². The summed E-state index contributed by atoms with van der Waals surface area (Å²) in [6, 6.07) is -2.45. The molecule has 0 aromatic heterocycles. The summed E-state index contributed by atoms with van der Waals surface area (Å²) in [7, 11) is 0. The van der Waals surface area contributed by atoms with Gasteiger partial charge < -0.3 is 25.3 Å². The smallest absolute Gasteiger partial charge is 0.326 e. The molecular weight excluding hydrogens is 278 g/mol. The van der Waals surface area contributed by atoms with E-state index in [0.29, 0.717) is 13.1 Å². The molecule has 21 heavy (non-hydrogen) atoms. The number of carboxylic acids is 1. The van der Waals surface area contributed by atoms with Crippen molar-refractivity contribution in [2.45, 2.75) is 45.4 Å². The number of nitrogens with one attached hydrogen (secondary N) is 1. The van der Waals surface area contributed by atoms with Gasteiger partial charge in [0.05, 0.1) is 6.10 Å². The van der Waals surface area contributed by atoms with Crippen LogP contribution >= 0.6 is 0 Å². The Morgan fingerprint density at radius 1 is 1.33 bits per heavy atom. The van der Waals surface area contributed by atoms with Gasteiger partial charge in [0.25, 0.3) is 0 Å². The van der Waals surface area contributed by atoms with Crippen molar-refractivity contribution >= 4 is 17.9 Å². The van der Waals surface area contributed by atoms with E-state index in [1.165, 1.54) is 0 Å². The van der Waals surface area contributed by atoms with Crippen LogP contribution in [0, 0.1) is 0 Å². The number of likely N-dealkylation sites (N-methyl/N-ethyl adjacent to an activating group) is 1. The predicted octanol–water partition coefficient (Wildman–Crippen LogP) is -0.527. The lowest BCUT2D eigenvalue weighted by atomic mass is 10.2. The number of urea groups is 1. The van der Waals surface area contributed by atoms with Crippen LogP contribution in [0.1, 0.15) is 27.2 Å². The van der Waals surface area contributed by atoms with Crippen LogP contribution in [-0.2, 0) is 9.59 Å². The quantitative estimate of drug-likeness (QED) is 0.632. The summed E-state index contributed by atoms with van der Waals surface area (Å²) in [5.41, 5.74) is 0. The lowest BCUT2D eigenvalue weighted by Gasteiger charge is -2.27. The molecule has 0 bridgehead atoms. The first kappa shape index (κ1) is 17.2. The lowest BCUT2D eigenvalue weighted by Crippen LogP contribution is -2.53. The average molecular weight is 301 g/mol. The number of aliphatic carboxylic acids is 1. The molecule has 1 aliphatic heterocycles. The monoisotopic (exact) mass is 301 g/mol. The van der Waals surface area contributed by atoms with Gasteiger partial charge >= 0.3 is 12.0 Å². The zero-order chi connectivity index (χ0) is 16.2. The van der Waals surface area contributed by atoms with Crippen molar-refractivity contribution in [3.05, 3.63) is 0 Å². The third kappa shape index (κ3) is 4.07. The van der Waals surface area contributed by atoms with Crippen molar-refractivity contribution in [2.75, 3.05) is 19.6 Å². The van der Waals surface area contributed by atoms with Gasteiger partial charge in [-0.15, -0.1) is 0 Å². The molecule has 0 aromatic carbocycles.